The molecule has 4 nitrogen and oxygen atoms in total. The average Bonchev–Trinajstić information content (AvgIpc) is 2.61. The molecule has 1 aliphatic rings. The van der Waals surface area contributed by atoms with E-state index in [4.69, 9.17) is 4.74 Å². The van der Waals surface area contributed by atoms with Crippen molar-refractivity contribution in [2.24, 2.45) is 0 Å². The molecular formula is C20H26N2O2. The molecule has 0 aromatic heterocycles. The number of ether oxygens (including phenoxy) is 1. The van der Waals surface area contributed by atoms with Crippen molar-refractivity contribution >= 4 is 16.7 Å². The molecule has 0 bridgehead atoms. The maximum atomic E-state index is 12.7. The Kier molecular flexibility index (Phi) is 5.05. The number of benzene rings is 2. The van der Waals surface area contributed by atoms with Crippen molar-refractivity contribution < 1.29 is 9.53 Å². The fourth-order valence-electron chi connectivity index (χ4n) is 3.39. The Morgan fingerprint density at radius 1 is 1.17 bits per heavy atom. The largest absolute Gasteiger partial charge is 0.496 e. The van der Waals surface area contributed by atoms with Crippen molar-refractivity contribution in [3.63, 3.8) is 0 Å². The third-order valence-corrected chi connectivity index (χ3v) is 4.91. The molecule has 128 valence electrons. The van der Waals surface area contributed by atoms with E-state index in [1.165, 1.54) is 0 Å². The Morgan fingerprint density at radius 2 is 1.79 bits per heavy atom. The molecule has 1 N–H and O–H groups in total. The minimum Gasteiger partial charge on any atom is -0.496 e. The number of nitrogens with zero attached hydrogens (tertiary/aromatic N) is 1. The fraction of sp³-hybridized carbons (Fsp3) is 0.450. The van der Waals surface area contributed by atoms with Crippen LogP contribution in [0.5, 0.6) is 5.75 Å². The van der Waals surface area contributed by atoms with Crippen molar-refractivity contribution in [2.75, 3.05) is 20.2 Å². The molecule has 0 radical (unpaired) electrons. The Morgan fingerprint density at radius 3 is 2.38 bits per heavy atom. The number of amides is 1. The quantitative estimate of drug-likeness (QED) is 0.935. The first-order valence-electron chi connectivity index (χ1n) is 8.70. The topological polar surface area (TPSA) is 41.6 Å². The highest BCUT2D eigenvalue weighted by atomic mass is 16.5. The van der Waals surface area contributed by atoms with Crippen molar-refractivity contribution in [1.82, 2.24) is 10.2 Å². The number of rotatable bonds is 4. The monoisotopic (exact) mass is 326 g/mol. The van der Waals surface area contributed by atoms with Gasteiger partial charge in [-0.2, -0.15) is 0 Å². The molecule has 0 unspecified atom stereocenters. The Bertz CT molecular complexity index is 719. The normalized spacial score (nSPS) is 16.5. The lowest BCUT2D eigenvalue weighted by atomic mass is 10.0. The second-order valence-corrected chi connectivity index (χ2v) is 6.78. The Balaban J connectivity index is 1.74. The van der Waals surface area contributed by atoms with Gasteiger partial charge in [0.25, 0.3) is 5.91 Å². The average molecular weight is 326 g/mol. The van der Waals surface area contributed by atoms with E-state index >= 15 is 0 Å². The first-order chi connectivity index (χ1) is 11.6. The third kappa shape index (κ3) is 3.54. The minimum absolute atomic E-state index is 0.0411. The SMILES string of the molecule is COc1cc2ccccc2cc1C(=O)NC1CCN(C(C)C)CC1. The van der Waals surface area contributed by atoms with Gasteiger partial charge in [0.15, 0.2) is 0 Å². The Labute approximate surface area is 143 Å². The molecule has 3 rings (SSSR count). The molecule has 24 heavy (non-hydrogen) atoms. The molecule has 1 amide bonds. The fourth-order valence-corrected chi connectivity index (χ4v) is 3.39. The first-order valence-corrected chi connectivity index (χ1v) is 8.70. The van der Waals surface area contributed by atoms with Gasteiger partial charge in [0.2, 0.25) is 0 Å². The number of likely N-dealkylation sites (tertiary alicyclic amines) is 1. The van der Waals surface area contributed by atoms with Crippen molar-refractivity contribution in [3.8, 4) is 5.75 Å². The van der Waals surface area contributed by atoms with E-state index in [9.17, 15) is 4.79 Å². The molecule has 0 saturated carbocycles. The zero-order chi connectivity index (χ0) is 17.1. The van der Waals surface area contributed by atoms with Crippen LogP contribution in [0.2, 0.25) is 0 Å². The van der Waals surface area contributed by atoms with Crippen LogP contribution in [0, 0.1) is 0 Å². The Hall–Kier alpha value is -2.07. The number of hydrogen-bond donors (Lipinski definition) is 1. The van der Waals surface area contributed by atoms with E-state index < -0.39 is 0 Å². The lowest BCUT2D eigenvalue weighted by Crippen LogP contribution is -2.46. The summed E-state index contributed by atoms with van der Waals surface area (Å²) < 4.78 is 5.44. The van der Waals surface area contributed by atoms with Gasteiger partial charge < -0.3 is 15.0 Å². The van der Waals surface area contributed by atoms with Gasteiger partial charge in [0, 0.05) is 25.2 Å². The van der Waals surface area contributed by atoms with Crippen LogP contribution in [-0.4, -0.2) is 43.1 Å². The van der Waals surface area contributed by atoms with E-state index in [1.54, 1.807) is 7.11 Å². The van der Waals surface area contributed by atoms with E-state index in [0.717, 1.165) is 36.7 Å². The molecule has 1 aliphatic heterocycles. The molecular weight excluding hydrogens is 300 g/mol. The smallest absolute Gasteiger partial charge is 0.255 e. The van der Waals surface area contributed by atoms with Crippen molar-refractivity contribution in [2.45, 2.75) is 38.8 Å². The summed E-state index contributed by atoms with van der Waals surface area (Å²) in [6, 6.07) is 12.7. The number of hydrogen-bond acceptors (Lipinski definition) is 3. The van der Waals surface area contributed by atoms with Gasteiger partial charge >= 0.3 is 0 Å². The summed E-state index contributed by atoms with van der Waals surface area (Å²) in [7, 11) is 1.61. The highest BCUT2D eigenvalue weighted by Gasteiger charge is 2.23. The predicted octanol–water partition coefficient (Wildman–Crippen LogP) is 3.45. The van der Waals surface area contributed by atoms with Crippen LogP contribution in [0.1, 0.15) is 37.0 Å². The van der Waals surface area contributed by atoms with Gasteiger partial charge in [-0.05, 0) is 49.6 Å². The van der Waals surface area contributed by atoms with Gasteiger partial charge in [-0.3, -0.25) is 4.79 Å². The molecule has 2 aromatic rings. The number of methoxy groups -OCH3 is 1. The van der Waals surface area contributed by atoms with Gasteiger partial charge in [-0.15, -0.1) is 0 Å². The highest BCUT2D eigenvalue weighted by molar-refractivity contribution is 6.01. The molecule has 4 heteroatoms. The molecule has 0 spiro atoms. The second-order valence-electron chi connectivity index (χ2n) is 6.78. The van der Waals surface area contributed by atoms with Crippen LogP contribution >= 0.6 is 0 Å². The number of nitrogens with one attached hydrogen (secondary N) is 1. The van der Waals surface area contributed by atoms with Crippen molar-refractivity contribution in [1.29, 1.82) is 0 Å². The summed E-state index contributed by atoms with van der Waals surface area (Å²) in [6.07, 6.45) is 2.00. The number of carbonyl (C=O) groups excluding carboxylic acids is 1. The molecule has 1 saturated heterocycles. The number of fused-ring (bicyclic) bond motifs is 1. The van der Waals surface area contributed by atoms with Gasteiger partial charge in [-0.1, -0.05) is 24.3 Å². The summed E-state index contributed by atoms with van der Waals surface area (Å²) in [5.74, 6) is 0.589. The van der Waals surface area contributed by atoms with Crippen LogP contribution in [-0.2, 0) is 0 Å². The first kappa shape index (κ1) is 16.8. The molecule has 1 heterocycles. The lowest BCUT2D eigenvalue weighted by molar-refractivity contribution is 0.0898. The van der Waals surface area contributed by atoms with Crippen molar-refractivity contribution in [3.05, 3.63) is 42.0 Å². The van der Waals surface area contributed by atoms with Crippen LogP contribution in [0.4, 0.5) is 0 Å². The van der Waals surface area contributed by atoms with E-state index in [1.807, 2.05) is 36.4 Å². The third-order valence-electron chi connectivity index (χ3n) is 4.91. The number of piperidine rings is 1. The summed E-state index contributed by atoms with van der Waals surface area (Å²) in [5.41, 5.74) is 0.613. The summed E-state index contributed by atoms with van der Waals surface area (Å²) in [5, 5.41) is 5.32. The lowest BCUT2D eigenvalue weighted by Gasteiger charge is -2.34. The molecule has 0 aliphatic carbocycles. The minimum atomic E-state index is -0.0411. The van der Waals surface area contributed by atoms with Gasteiger partial charge in [0.1, 0.15) is 5.75 Å². The zero-order valence-electron chi connectivity index (χ0n) is 14.7. The van der Waals surface area contributed by atoms with E-state index in [2.05, 4.69) is 24.1 Å². The van der Waals surface area contributed by atoms with Gasteiger partial charge in [0.05, 0.1) is 12.7 Å². The maximum absolute atomic E-state index is 12.7. The molecule has 0 atom stereocenters. The predicted molar refractivity (Wildman–Crippen MR) is 97.7 cm³/mol. The van der Waals surface area contributed by atoms with E-state index in [0.29, 0.717) is 17.4 Å². The number of carbonyl (C=O) groups is 1. The maximum Gasteiger partial charge on any atom is 0.255 e. The summed E-state index contributed by atoms with van der Waals surface area (Å²) in [4.78, 5) is 15.2. The zero-order valence-corrected chi connectivity index (χ0v) is 14.7. The molecule has 2 aromatic carbocycles. The summed E-state index contributed by atoms with van der Waals surface area (Å²) in [6.45, 7) is 6.52. The van der Waals surface area contributed by atoms with Crippen LogP contribution in [0.15, 0.2) is 36.4 Å². The van der Waals surface area contributed by atoms with Gasteiger partial charge in [-0.25, -0.2) is 0 Å². The second kappa shape index (κ2) is 7.22. The van der Waals surface area contributed by atoms with Crippen LogP contribution in [0.3, 0.4) is 0 Å². The standard InChI is InChI=1S/C20H26N2O2/c1-14(2)22-10-8-17(9-11-22)21-20(23)18-12-15-6-4-5-7-16(15)13-19(18)24-3/h4-7,12-14,17H,8-11H2,1-3H3,(H,21,23). The highest BCUT2D eigenvalue weighted by Crippen LogP contribution is 2.26. The molecule has 1 fully saturated rings. The summed E-state index contributed by atoms with van der Waals surface area (Å²) >= 11 is 0. The van der Waals surface area contributed by atoms with Crippen LogP contribution in [0.25, 0.3) is 10.8 Å². The van der Waals surface area contributed by atoms with E-state index in [-0.39, 0.29) is 11.9 Å². The van der Waals surface area contributed by atoms with Crippen LogP contribution < -0.4 is 10.1 Å².